The summed E-state index contributed by atoms with van der Waals surface area (Å²) in [6, 6.07) is 8.25. The first kappa shape index (κ1) is 12.5. The van der Waals surface area contributed by atoms with E-state index in [9.17, 15) is 0 Å². The molecule has 0 amide bonds. The fourth-order valence-electron chi connectivity index (χ4n) is 2.87. The fraction of sp³-hybridized carbons (Fsp3) is 0.412. The Morgan fingerprint density at radius 2 is 2.11 bits per heavy atom. The standard InChI is InChI=1S/C17H20O2/c1-18-15-8-6-13(7-9-15)12-14-10-11-19-17-5-3-2-4-16(14)17/h4,6-9,12,17H,2-3,5,10-11H2,1H3/b14-12-. The van der Waals surface area contributed by atoms with Gasteiger partial charge in [-0.15, -0.1) is 0 Å². The summed E-state index contributed by atoms with van der Waals surface area (Å²) >= 11 is 0. The van der Waals surface area contributed by atoms with Gasteiger partial charge in [-0.05, 0) is 54.5 Å². The molecule has 1 aromatic rings. The number of methoxy groups -OCH3 is 1. The van der Waals surface area contributed by atoms with Gasteiger partial charge in [0, 0.05) is 0 Å². The molecule has 2 nitrogen and oxygen atoms in total. The molecule has 2 aliphatic rings. The van der Waals surface area contributed by atoms with Gasteiger partial charge in [0.2, 0.25) is 0 Å². The summed E-state index contributed by atoms with van der Waals surface area (Å²) in [5.41, 5.74) is 4.11. The minimum atomic E-state index is 0.340. The first-order valence-electron chi connectivity index (χ1n) is 7.03. The largest absolute Gasteiger partial charge is 0.497 e. The van der Waals surface area contributed by atoms with Crippen molar-refractivity contribution in [1.29, 1.82) is 0 Å². The number of hydrogen-bond acceptors (Lipinski definition) is 2. The van der Waals surface area contributed by atoms with E-state index in [1.807, 2.05) is 12.1 Å². The van der Waals surface area contributed by atoms with Crippen LogP contribution in [0.25, 0.3) is 6.08 Å². The van der Waals surface area contributed by atoms with Crippen LogP contribution in [0.5, 0.6) is 5.75 Å². The maximum absolute atomic E-state index is 5.86. The number of fused-ring (bicyclic) bond motifs is 1. The van der Waals surface area contributed by atoms with E-state index in [0.29, 0.717) is 6.10 Å². The molecule has 1 aliphatic heterocycles. The summed E-state index contributed by atoms with van der Waals surface area (Å²) in [6.07, 6.45) is 9.64. The third kappa shape index (κ3) is 2.74. The molecule has 0 bridgehead atoms. The molecule has 0 aromatic heterocycles. The van der Waals surface area contributed by atoms with Crippen molar-refractivity contribution in [3.63, 3.8) is 0 Å². The lowest BCUT2D eigenvalue weighted by molar-refractivity contribution is 0.0570. The quantitative estimate of drug-likeness (QED) is 0.797. The van der Waals surface area contributed by atoms with Gasteiger partial charge in [-0.25, -0.2) is 0 Å². The summed E-state index contributed by atoms with van der Waals surface area (Å²) < 4.78 is 11.1. The Morgan fingerprint density at radius 3 is 2.89 bits per heavy atom. The summed E-state index contributed by atoms with van der Waals surface area (Å²) in [7, 11) is 1.70. The van der Waals surface area contributed by atoms with Crippen LogP contribution in [0.3, 0.4) is 0 Å². The van der Waals surface area contributed by atoms with E-state index in [2.05, 4.69) is 24.3 Å². The molecule has 100 valence electrons. The number of hydrogen-bond donors (Lipinski definition) is 0. The molecule has 0 spiro atoms. The Kier molecular flexibility index (Phi) is 3.69. The van der Waals surface area contributed by atoms with E-state index in [1.165, 1.54) is 36.0 Å². The maximum atomic E-state index is 5.86. The van der Waals surface area contributed by atoms with Crippen molar-refractivity contribution in [2.45, 2.75) is 31.8 Å². The van der Waals surface area contributed by atoms with Crippen LogP contribution in [0.2, 0.25) is 0 Å². The van der Waals surface area contributed by atoms with Crippen LogP contribution in [0.15, 0.2) is 41.5 Å². The predicted octanol–water partition coefficient (Wildman–Crippen LogP) is 3.98. The third-order valence-electron chi connectivity index (χ3n) is 3.90. The Balaban J connectivity index is 1.86. The molecular weight excluding hydrogens is 236 g/mol. The van der Waals surface area contributed by atoms with Gasteiger partial charge < -0.3 is 9.47 Å². The van der Waals surface area contributed by atoms with Crippen LogP contribution < -0.4 is 4.74 Å². The Hall–Kier alpha value is -1.54. The molecule has 0 N–H and O–H groups in total. The van der Waals surface area contributed by atoms with Crippen molar-refractivity contribution in [2.24, 2.45) is 0 Å². The Morgan fingerprint density at radius 1 is 1.26 bits per heavy atom. The van der Waals surface area contributed by atoms with Crippen LogP contribution in [0, 0.1) is 0 Å². The molecule has 1 saturated heterocycles. The van der Waals surface area contributed by atoms with Gasteiger partial charge in [0.25, 0.3) is 0 Å². The lowest BCUT2D eigenvalue weighted by Gasteiger charge is -2.31. The van der Waals surface area contributed by atoms with Gasteiger partial charge >= 0.3 is 0 Å². The molecule has 1 unspecified atom stereocenters. The molecular formula is C17H20O2. The average Bonchev–Trinajstić information content (AvgIpc) is 2.48. The van der Waals surface area contributed by atoms with Crippen LogP contribution in [-0.4, -0.2) is 19.8 Å². The molecule has 1 heterocycles. The number of rotatable bonds is 2. The van der Waals surface area contributed by atoms with Gasteiger partial charge in [0.15, 0.2) is 0 Å². The van der Waals surface area contributed by atoms with E-state index in [4.69, 9.17) is 9.47 Å². The molecule has 0 radical (unpaired) electrons. The summed E-state index contributed by atoms with van der Waals surface area (Å²) in [4.78, 5) is 0. The highest BCUT2D eigenvalue weighted by atomic mass is 16.5. The van der Waals surface area contributed by atoms with E-state index in [-0.39, 0.29) is 0 Å². The van der Waals surface area contributed by atoms with Crippen molar-refractivity contribution >= 4 is 6.08 Å². The smallest absolute Gasteiger partial charge is 0.118 e. The minimum absolute atomic E-state index is 0.340. The second-order valence-corrected chi connectivity index (χ2v) is 5.14. The molecule has 0 saturated carbocycles. The second-order valence-electron chi connectivity index (χ2n) is 5.14. The van der Waals surface area contributed by atoms with Crippen LogP contribution in [-0.2, 0) is 4.74 Å². The monoisotopic (exact) mass is 256 g/mol. The van der Waals surface area contributed by atoms with Gasteiger partial charge in [0.05, 0.1) is 19.8 Å². The maximum Gasteiger partial charge on any atom is 0.118 e. The molecule has 19 heavy (non-hydrogen) atoms. The van der Waals surface area contributed by atoms with Gasteiger partial charge in [0.1, 0.15) is 5.75 Å². The van der Waals surface area contributed by atoms with Crippen LogP contribution in [0.1, 0.15) is 31.2 Å². The van der Waals surface area contributed by atoms with E-state index >= 15 is 0 Å². The molecule has 2 heteroatoms. The fourth-order valence-corrected chi connectivity index (χ4v) is 2.87. The second kappa shape index (κ2) is 5.62. The van der Waals surface area contributed by atoms with Crippen LogP contribution in [0.4, 0.5) is 0 Å². The highest BCUT2D eigenvalue weighted by Crippen LogP contribution is 2.33. The molecule has 3 rings (SSSR count). The van der Waals surface area contributed by atoms with Crippen molar-refractivity contribution in [3.05, 3.63) is 47.1 Å². The SMILES string of the molecule is COc1ccc(/C=C2/CCOC3CCCC=C23)cc1. The number of benzene rings is 1. The topological polar surface area (TPSA) is 18.5 Å². The normalized spacial score (nSPS) is 24.8. The first-order valence-corrected chi connectivity index (χ1v) is 7.03. The third-order valence-corrected chi connectivity index (χ3v) is 3.90. The Bertz CT molecular complexity index is 496. The zero-order valence-electron chi connectivity index (χ0n) is 11.4. The predicted molar refractivity (Wildman–Crippen MR) is 77.3 cm³/mol. The zero-order chi connectivity index (χ0) is 13.1. The summed E-state index contributed by atoms with van der Waals surface area (Å²) in [5.74, 6) is 0.906. The summed E-state index contributed by atoms with van der Waals surface area (Å²) in [5, 5.41) is 0. The van der Waals surface area contributed by atoms with Crippen molar-refractivity contribution < 1.29 is 9.47 Å². The molecule has 1 fully saturated rings. The van der Waals surface area contributed by atoms with Gasteiger partial charge in [-0.2, -0.15) is 0 Å². The van der Waals surface area contributed by atoms with Crippen molar-refractivity contribution in [3.8, 4) is 5.75 Å². The molecule has 1 aliphatic carbocycles. The highest BCUT2D eigenvalue weighted by Gasteiger charge is 2.25. The minimum Gasteiger partial charge on any atom is -0.497 e. The molecule has 1 aromatic carbocycles. The van der Waals surface area contributed by atoms with Crippen molar-refractivity contribution in [1.82, 2.24) is 0 Å². The van der Waals surface area contributed by atoms with Gasteiger partial charge in [-0.1, -0.05) is 24.3 Å². The lowest BCUT2D eigenvalue weighted by atomic mass is 9.86. The lowest BCUT2D eigenvalue weighted by Crippen LogP contribution is -2.25. The number of allylic oxidation sites excluding steroid dienone is 1. The average molecular weight is 256 g/mol. The molecule has 1 atom stereocenters. The van der Waals surface area contributed by atoms with Crippen LogP contribution >= 0.6 is 0 Å². The highest BCUT2D eigenvalue weighted by molar-refractivity contribution is 5.60. The van der Waals surface area contributed by atoms with Gasteiger partial charge in [-0.3, -0.25) is 0 Å². The Labute approximate surface area is 114 Å². The summed E-state index contributed by atoms with van der Waals surface area (Å²) in [6.45, 7) is 0.851. The van der Waals surface area contributed by atoms with E-state index in [1.54, 1.807) is 7.11 Å². The zero-order valence-corrected chi connectivity index (χ0v) is 11.4. The van der Waals surface area contributed by atoms with Crippen molar-refractivity contribution in [2.75, 3.05) is 13.7 Å². The number of ether oxygens (including phenoxy) is 2. The van der Waals surface area contributed by atoms with E-state index in [0.717, 1.165) is 18.8 Å². The van der Waals surface area contributed by atoms with E-state index < -0.39 is 0 Å². The first-order chi connectivity index (χ1) is 9.36.